The summed E-state index contributed by atoms with van der Waals surface area (Å²) in [6.07, 6.45) is 8.98. The van der Waals surface area contributed by atoms with Gasteiger partial charge in [0.25, 0.3) is 0 Å². The van der Waals surface area contributed by atoms with Gasteiger partial charge in [-0.15, -0.1) is 0 Å². The van der Waals surface area contributed by atoms with Crippen LogP contribution in [0, 0.1) is 0 Å². The molecule has 2 aromatic heterocycles. The fourth-order valence-corrected chi connectivity index (χ4v) is 4.13. The minimum Gasteiger partial charge on any atom is -0.384 e. The van der Waals surface area contributed by atoms with Crippen LogP contribution in [0.15, 0.2) is 36.7 Å². The van der Waals surface area contributed by atoms with Crippen molar-refractivity contribution in [1.82, 2.24) is 14.9 Å². The van der Waals surface area contributed by atoms with Crippen LogP contribution in [0.5, 0.6) is 0 Å². The zero-order valence-electron chi connectivity index (χ0n) is 17.3. The number of ether oxygens (including phenoxy) is 2. The van der Waals surface area contributed by atoms with Gasteiger partial charge in [-0.05, 0) is 50.3 Å². The third-order valence-corrected chi connectivity index (χ3v) is 5.98. The Bertz CT molecular complexity index is 811. The van der Waals surface area contributed by atoms with Crippen LogP contribution in [-0.2, 0) is 14.3 Å². The summed E-state index contributed by atoms with van der Waals surface area (Å²) >= 11 is 0. The molecular formula is C23H30N4O3. The average Bonchev–Trinajstić information content (AvgIpc) is 2.80. The number of nitrogens with two attached hydrogens (primary N) is 1. The fourth-order valence-electron chi connectivity index (χ4n) is 4.13. The van der Waals surface area contributed by atoms with Crippen molar-refractivity contribution in [2.75, 3.05) is 38.6 Å². The lowest BCUT2D eigenvalue weighted by Gasteiger charge is -2.32. The second-order valence-electron chi connectivity index (χ2n) is 8.10. The van der Waals surface area contributed by atoms with Crippen molar-refractivity contribution in [1.29, 1.82) is 0 Å². The van der Waals surface area contributed by atoms with E-state index in [2.05, 4.69) is 22.1 Å². The van der Waals surface area contributed by atoms with Crippen molar-refractivity contribution >= 4 is 11.7 Å². The van der Waals surface area contributed by atoms with Crippen LogP contribution in [0.3, 0.4) is 0 Å². The van der Waals surface area contributed by atoms with Crippen LogP contribution in [0.1, 0.15) is 43.7 Å². The molecule has 4 heterocycles. The van der Waals surface area contributed by atoms with Gasteiger partial charge in [0.1, 0.15) is 12.4 Å². The van der Waals surface area contributed by atoms with E-state index >= 15 is 0 Å². The van der Waals surface area contributed by atoms with Gasteiger partial charge < -0.3 is 20.1 Å². The molecule has 1 atom stereocenters. The van der Waals surface area contributed by atoms with Crippen LogP contribution in [0.2, 0.25) is 0 Å². The highest BCUT2D eigenvalue weighted by atomic mass is 16.5. The standard InChI is InChI=1S/C23H30N4O3/c24-22-7-5-19(14-26-22)18-4-6-21(25-13-18)17-8-10-27(11-9-17)23(28)16-29-15-20-3-1-2-12-30-20/h4-7,13-14,17,20H,1-3,8-12,15-16H2,(H2,24,26). The molecule has 2 aromatic rings. The van der Waals surface area contributed by atoms with Gasteiger partial charge in [-0.3, -0.25) is 9.78 Å². The number of amides is 1. The molecule has 30 heavy (non-hydrogen) atoms. The topological polar surface area (TPSA) is 90.6 Å². The molecular weight excluding hydrogens is 380 g/mol. The van der Waals surface area contributed by atoms with Gasteiger partial charge in [-0.2, -0.15) is 0 Å². The van der Waals surface area contributed by atoms with Crippen LogP contribution in [0.25, 0.3) is 11.1 Å². The molecule has 2 aliphatic rings. The van der Waals surface area contributed by atoms with Crippen molar-refractivity contribution < 1.29 is 14.3 Å². The Kier molecular flexibility index (Phi) is 6.92. The number of piperidine rings is 1. The molecule has 1 unspecified atom stereocenters. The van der Waals surface area contributed by atoms with Gasteiger partial charge in [-0.25, -0.2) is 4.98 Å². The second-order valence-corrected chi connectivity index (χ2v) is 8.10. The monoisotopic (exact) mass is 410 g/mol. The second kappa shape index (κ2) is 10.00. The quantitative estimate of drug-likeness (QED) is 0.787. The summed E-state index contributed by atoms with van der Waals surface area (Å²) in [4.78, 5) is 23.2. The number of hydrogen-bond donors (Lipinski definition) is 1. The van der Waals surface area contributed by atoms with E-state index in [1.807, 2.05) is 17.2 Å². The number of hydrogen-bond acceptors (Lipinski definition) is 6. The first-order chi connectivity index (χ1) is 14.7. The predicted molar refractivity (Wildman–Crippen MR) is 115 cm³/mol. The van der Waals surface area contributed by atoms with Crippen molar-refractivity contribution in [3.8, 4) is 11.1 Å². The molecule has 160 valence electrons. The minimum atomic E-state index is 0.0726. The zero-order chi connectivity index (χ0) is 20.8. The van der Waals surface area contributed by atoms with Crippen LogP contribution in [0.4, 0.5) is 5.82 Å². The van der Waals surface area contributed by atoms with E-state index in [9.17, 15) is 4.79 Å². The highest BCUT2D eigenvalue weighted by Gasteiger charge is 2.25. The molecule has 2 fully saturated rings. The van der Waals surface area contributed by atoms with Crippen molar-refractivity contribution in [2.24, 2.45) is 0 Å². The molecule has 2 N–H and O–H groups in total. The Labute approximate surface area is 177 Å². The summed E-state index contributed by atoms with van der Waals surface area (Å²) in [5.74, 6) is 0.963. The largest absolute Gasteiger partial charge is 0.384 e. The molecule has 2 saturated heterocycles. The zero-order valence-corrected chi connectivity index (χ0v) is 17.3. The molecule has 7 heteroatoms. The normalized spacial score (nSPS) is 20.3. The van der Waals surface area contributed by atoms with Crippen LogP contribution < -0.4 is 5.73 Å². The average molecular weight is 411 g/mol. The van der Waals surface area contributed by atoms with Crippen molar-refractivity contribution in [2.45, 2.75) is 44.1 Å². The Hall–Kier alpha value is -2.51. The number of carbonyl (C=O) groups is 1. The lowest BCUT2D eigenvalue weighted by molar-refractivity contribution is -0.139. The molecule has 1 amide bonds. The van der Waals surface area contributed by atoms with Gasteiger partial charge in [0.05, 0.1) is 12.7 Å². The molecule has 0 radical (unpaired) electrons. The first kappa shape index (κ1) is 20.8. The maximum Gasteiger partial charge on any atom is 0.248 e. The number of anilines is 1. The van der Waals surface area contributed by atoms with Gasteiger partial charge in [-0.1, -0.05) is 6.07 Å². The lowest BCUT2D eigenvalue weighted by atomic mass is 9.92. The number of carbonyl (C=O) groups excluding carboxylic acids is 1. The maximum atomic E-state index is 12.4. The molecule has 4 rings (SSSR count). The van der Waals surface area contributed by atoms with E-state index < -0.39 is 0 Å². The Morgan fingerprint density at radius 1 is 1.07 bits per heavy atom. The molecule has 0 bridgehead atoms. The van der Waals surface area contributed by atoms with E-state index in [1.165, 1.54) is 6.42 Å². The number of likely N-dealkylation sites (tertiary alicyclic amines) is 1. The van der Waals surface area contributed by atoms with Crippen molar-refractivity contribution in [3.05, 3.63) is 42.4 Å². The SMILES string of the molecule is Nc1ccc(-c2ccc(C3CCN(C(=O)COCC4CCCCO4)CC3)nc2)cn1. The highest BCUT2D eigenvalue weighted by Crippen LogP contribution is 2.28. The molecule has 0 saturated carbocycles. The lowest BCUT2D eigenvalue weighted by Crippen LogP contribution is -2.40. The number of rotatable bonds is 6. The van der Waals surface area contributed by atoms with Crippen LogP contribution >= 0.6 is 0 Å². The predicted octanol–water partition coefficient (Wildman–Crippen LogP) is 3.02. The summed E-state index contributed by atoms with van der Waals surface area (Å²) in [5.41, 5.74) is 8.76. The first-order valence-electron chi connectivity index (χ1n) is 10.8. The van der Waals surface area contributed by atoms with E-state index in [-0.39, 0.29) is 18.6 Å². The summed E-state index contributed by atoms with van der Waals surface area (Å²) in [7, 11) is 0. The number of nitrogens with zero attached hydrogens (tertiary/aromatic N) is 3. The van der Waals surface area contributed by atoms with Gasteiger partial charge in [0.15, 0.2) is 0 Å². The van der Waals surface area contributed by atoms with E-state index in [0.717, 1.165) is 62.2 Å². The van der Waals surface area contributed by atoms with E-state index in [4.69, 9.17) is 15.2 Å². The summed E-state index contributed by atoms with van der Waals surface area (Å²) in [6.45, 7) is 2.96. The summed E-state index contributed by atoms with van der Waals surface area (Å²) < 4.78 is 11.3. The smallest absolute Gasteiger partial charge is 0.248 e. The van der Waals surface area contributed by atoms with Crippen molar-refractivity contribution in [3.63, 3.8) is 0 Å². The van der Waals surface area contributed by atoms with Gasteiger partial charge >= 0.3 is 0 Å². The Balaban J connectivity index is 1.22. The van der Waals surface area contributed by atoms with Crippen LogP contribution in [-0.4, -0.2) is 59.8 Å². The molecule has 2 aliphatic heterocycles. The highest BCUT2D eigenvalue weighted by molar-refractivity contribution is 5.77. The van der Waals surface area contributed by atoms with E-state index in [1.54, 1.807) is 12.3 Å². The fraction of sp³-hybridized carbons (Fsp3) is 0.522. The molecule has 7 nitrogen and oxygen atoms in total. The minimum absolute atomic E-state index is 0.0726. The maximum absolute atomic E-state index is 12.4. The molecule has 0 aliphatic carbocycles. The summed E-state index contributed by atoms with van der Waals surface area (Å²) in [6, 6.07) is 7.91. The third kappa shape index (κ3) is 5.34. The Morgan fingerprint density at radius 2 is 1.83 bits per heavy atom. The van der Waals surface area contributed by atoms with E-state index in [0.29, 0.717) is 18.3 Å². The number of nitrogen functional groups attached to an aromatic ring is 1. The number of aromatic nitrogens is 2. The summed E-state index contributed by atoms with van der Waals surface area (Å²) in [5, 5.41) is 0. The number of pyridine rings is 2. The third-order valence-electron chi connectivity index (χ3n) is 5.98. The molecule has 0 spiro atoms. The van der Waals surface area contributed by atoms with Gasteiger partial charge in [0.2, 0.25) is 5.91 Å². The van der Waals surface area contributed by atoms with Gasteiger partial charge in [0, 0.05) is 54.8 Å². The molecule has 0 aromatic carbocycles. The first-order valence-corrected chi connectivity index (χ1v) is 10.8. The Morgan fingerprint density at radius 3 is 2.47 bits per heavy atom.